The molecule has 19 heavy (non-hydrogen) atoms. The molecule has 0 heterocycles. The van der Waals surface area contributed by atoms with Crippen LogP contribution in [-0.4, -0.2) is 37.3 Å². The third-order valence-corrected chi connectivity index (χ3v) is 4.33. The van der Waals surface area contributed by atoms with Crippen molar-refractivity contribution < 1.29 is 4.74 Å². The average Bonchev–Trinajstić information content (AvgIpc) is 2.27. The fraction of sp³-hybridized carbons (Fsp3) is 0.929. The van der Waals surface area contributed by atoms with E-state index >= 15 is 0 Å². The Balaban J connectivity index is 0.00000324. The van der Waals surface area contributed by atoms with Crippen LogP contribution >= 0.6 is 24.0 Å². The van der Waals surface area contributed by atoms with Crippen LogP contribution in [-0.2, 0) is 4.74 Å². The SMILES string of the molecule is CCN=C(NC(C)C)NC1CC(C)(OC)C1(C)C.I. The maximum atomic E-state index is 5.64. The summed E-state index contributed by atoms with van der Waals surface area (Å²) in [5.74, 6) is 0.906. The molecule has 1 rings (SSSR count). The topological polar surface area (TPSA) is 45.7 Å². The monoisotopic (exact) mass is 383 g/mol. The highest BCUT2D eigenvalue weighted by molar-refractivity contribution is 14.0. The van der Waals surface area contributed by atoms with Crippen LogP contribution < -0.4 is 10.6 Å². The minimum Gasteiger partial charge on any atom is -0.378 e. The number of halogens is 1. The number of hydrogen-bond acceptors (Lipinski definition) is 2. The van der Waals surface area contributed by atoms with Crippen molar-refractivity contribution in [3.05, 3.63) is 0 Å². The Morgan fingerprint density at radius 2 is 1.95 bits per heavy atom. The van der Waals surface area contributed by atoms with Gasteiger partial charge in [-0.3, -0.25) is 4.99 Å². The number of nitrogens with zero attached hydrogens (tertiary/aromatic N) is 1. The van der Waals surface area contributed by atoms with E-state index < -0.39 is 0 Å². The summed E-state index contributed by atoms with van der Waals surface area (Å²) >= 11 is 0. The number of nitrogens with one attached hydrogen (secondary N) is 2. The van der Waals surface area contributed by atoms with E-state index in [0.29, 0.717) is 12.1 Å². The molecule has 0 bridgehead atoms. The molecule has 2 N–H and O–H groups in total. The van der Waals surface area contributed by atoms with E-state index in [1.165, 1.54) is 0 Å². The molecule has 114 valence electrons. The zero-order chi connectivity index (χ0) is 14.0. The third kappa shape index (κ3) is 3.97. The standard InChI is InChI=1S/C14H29N3O.HI/c1-8-15-12(16-10(2)3)17-11-9-14(6,18-7)13(11,4)5;/h10-11H,8-9H2,1-7H3,(H2,15,16,17);1H. The van der Waals surface area contributed by atoms with E-state index in [-0.39, 0.29) is 35.0 Å². The molecule has 1 aliphatic carbocycles. The van der Waals surface area contributed by atoms with E-state index in [2.05, 4.69) is 57.2 Å². The highest BCUT2D eigenvalue weighted by atomic mass is 127. The molecule has 2 atom stereocenters. The van der Waals surface area contributed by atoms with Gasteiger partial charge in [-0.2, -0.15) is 0 Å². The Morgan fingerprint density at radius 1 is 1.37 bits per heavy atom. The van der Waals surface area contributed by atoms with Crippen molar-refractivity contribution in [2.24, 2.45) is 10.4 Å². The van der Waals surface area contributed by atoms with Crippen LogP contribution in [0.1, 0.15) is 48.0 Å². The lowest BCUT2D eigenvalue weighted by Crippen LogP contribution is -2.69. The number of guanidine groups is 1. The number of aliphatic imine (C=N–C) groups is 1. The summed E-state index contributed by atoms with van der Waals surface area (Å²) in [7, 11) is 1.80. The predicted octanol–water partition coefficient (Wildman–Crippen LogP) is 2.77. The zero-order valence-corrected chi connectivity index (χ0v) is 15.7. The van der Waals surface area contributed by atoms with Crippen LogP contribution in [0.25, 0.3) is 0 Å². The van der Waals surface area contributed by atoms with E-state index in [9.17, 15) is 0 Å². The molecule has 1 fully saturated rings. The fourth-order valence-electron chi connectivity index (χ4n) is 2.45. The number of hydrogen-bond donors (Lipinski definition) is 2. The summed E-state index contributed by atoms with van der Waals surface area (Å²) in [6.45, 7) is 13.8. The summed E-state index contributed by atoms with van der Waals surface area (Å²) in [6.07, 6.45) is 1.01. The summed E-state index contributed by atoms with van der Waals surface area (Å²) in [4.78, 5) is 4.48. The Bertz CT molecular complexity index is 318. The van der Waals surface area contributed by atoms with Crippen molar-refractivity contribution in [2.45, 2.75) is 65.6 Å². The van der Waals surface area contributed by atoms with Crippen LogP contribution in [0, 0.1) is 5.41 Å². The Hall–Kier alpha value is -0.0400. The summed E-state index contributed by atoms with van der Waals surface area (Å²) < 4.78 is 5.64. The lowest BCUT2D eigenvalue weighted by molar-refractivity contribution is -0.176. The van der Waals surface area contributed by atoms with Crippen molar-refractivity contribution in [1.82, 2.24) is 10.6 Å². The Kier molecular flexibility index (Phi) is 7.09. The van der Waals surface area contributed by atoms with Gasteiger partial charge in [0.2, 0.25) is 0 Å². The Morgan fingerprint density at radius 3 is 2.32 bits per heavy atom. The van der Waals surface area contributed by atoms with Gasteiger partial charge in [-0.25, -0.2) is 0 Å². The molecule has 0 aromatic heterocycles. The van der Waals surface area contributed by atoms with Crippen LogP contribution in [0.3, 0.4) is 0 Å². The van der Waals surface area contributed by atoms with Gasteiger partial charge in [0.1, 0.15) is 0 Å². The van der Waals surface area contributed by atoms with Crippen molar-refractivity contribution in [2.75, 3.05) is 13.7 Å². The van der Waals surface area contributed by atoms with Crippen LogP contribution in [0.5, 0.6) is 0 Å². The molecule has 0 aromatic carbocycles. The second-order valence-corrected chi connectivity index (χ2v) is 6.18. The molecular formula is C14H30IN3O. The van der Waals surface area contributed by atoms with Crippen LogP contribution in [0.15, 0.2) is 4.99 Å². The first-order valence-corrected chi connectivity index (χ1v) is 6.89. The van der Waals surface area contributed by atoms with Crippen molar-refractivity contribution in [1.29, 1.82) is 0 Å². The first-order valence-electron chi connectivity index (χ1n) is 6.89. The molecule has 1 aliphatic rings. The number of methoxy groups -OCH3 is 1. The predicted molar refractivity (Wildman–Crippen MR) is 92.4 cm³/mol. The fourth-order valence-corrected chi connectivity index (χ4v) is 2.45. The first kappa shape index (κ1) is 19.0. The summed E-state index contributed by atoms with van der Waals surface area (Å²) in [6, 6.07) is 0.791. The number of ether oxygens (including phenoxy) is 1. The van der Waals surface area contributed by atoms with Crippen molar-refractivity contribution in [3.63, 3.8) is 0 Å². The first-order chi connectivity index (χ1) is 8.26. The highest BCUT2D eigenvalue weighted by Gasteiger charge is 2.58. The van der Waals surface area contributed by atoms with Gasteiger partial charge in [-0.05, 0) is 34.1 Å². The van der Waals surface area contributed by atoms with Crippen molar-refractivity contribution in [3.8, 4) is 0 Å². The lowest BCUT2D eigenvalue weighted by atomic mass is 9.56. The normalized spacial score (nSPS) is 29.5. The van der Waals surface area contributed by atoms with Gasteiger partial charge in [0.05, 0.1) is 5.60 Å². The van der Waals surface area contributed by atoms with Gasteiger partial charge in [-0.15, -0.1) is 24.0 Å². The maximum Gasteiger partial charge on any atom is 0.191 e. The lowest BCUT2D eigenvalue weighted by Gasteiger charge is -2.59. The minimum absolute atomic E-state index is 0. The average molecular weight is 383 g/mol. The molecule has 0 aliphatic heterocycles. The third-order valence-electron chi connectivity index (χ3n) is 4.33. The van der Waals surface area contributed by atoms with Gasteiger partial charge in [0.25, 0.3) is 0 Å². The van der Waals surface area contributed by atoms with Gasteiger partial charge in [-0.1, -0.05) is 13.8 Å². The summed E-state index contributed by atoms with van der Waals surface area (Å²) in [5.41, 5.74) is 0.0642. The van der Waals surface area contributed by atoms with E-state index in [1.807, 2.05) is 0 Å². The molecule has 0 aromatic rings. The van der Waals surface area contributed by atoms with E-state index in [4.69, 9.17) is 4.74 Å². The minimum atomic E-state index is -0.0418. The second kappa shape index (κ2) is 7.11. The number of rotatable bonds is 4. The zero-order valence-electron chi connectivity index (χ0n) is 13.3. The molecule has 0 amide bonds. The smallest absolute Gasteiger partial charge is 0.191 e. The van der Waals surface area contributed by atoms with E-state index in [1.54, 1.807) is 7.11 Å². The van der Waals surface area contributed by atoms with Crippen LogP contribution in [0.2, 0.25) is 0 Å². The summed E-state index contributed by atoms with van der Waals surface area (Å²) in [5, 5.41) is 6.89. The molecule has 0 radical (unpaired) electrons. The second-order valence-electron chi connectivity index (χ2n) is 6.18. The largest absolute Gasteiger partial charge is 0.378 e. The van der Waals surface area contributed by atoms with Gasteiger partial charge in [0.15, 0.2) is 5.96 Å². The quantitative estimate of drug-likeness (QED) is 0.446. The molecule has 5 heteroatoms. The maximum absolute atomic E-state index is 5.64. The van der Waals surface area contributed by atoms with Gasteiger partial charge in [0, 0.05) is 31.2 Å². The molecular weight excluding hydrogens is 353 g/mol. The van der Waals surface area contributed by atoms with E-state index in [0.717, 1.165) is 18.9 Å². The van der Waals surface area contributed by atoms with Gasteiger partial charge < -0.3 is 15.4 Å². The Labute approximate surface area is 135 Å². The van der Waals surface area contributed by atoms with Gasteiger partial charge >= 0.3 is 0 Å². The molecule has 0 spiro atoms. The molecule has 4 nitrogen and oxygen atoms in total. The molecule has 2 unspecified atom stereocenters. The highest BCUT2D eigenvalue weighted by Crippen LogP contribution is 2.51. The van der Waals surface area contributed by atoms with Crippen molar-refractivity contribution >= 4 is 29.9 Å². The van der Waals surface area contributed by atoms with Crippen LogP contribution in [0.4, 0.5) is 0 Å². The molecule has 0 saturated heterocycles. The molecule has 1 saturated carbocycles.